The summed E-state index contributed by atoms with van der Waals surface area (Å²) in [6, 6.07) is 27.0. The van der Waals surface area contributed by atoms with E-state index in [9.17, 15) is 19.2 Å². The molecule has 0 atom stereocenters. The van der Waals surface area contributed by atoms with Gasteiger partial charge >= 0.3 is 12.1 Å². The van der Waals surface area contributed by atoms with Crippen molar-refractivity contribution in [3.63, 3.8) is 0 Å². The van der Waals surface area contributed by atoms with Gasteiger partial charge in [-0.25, -0.2) is 9.59 Å². The number of benzene rings is 3. The molecule has 0 unspecified atom stereocenters. The summed E-state index contributed by atoms with van der Waals surface area (Å²) in [6.45, 7) is 2.39. The van der Waals surface area contributed by atoms with Crippen molar-refractivity contribution in [1.82, 2.24) is 30.2 Å². The number of hydrogen-bond acceptors (Lipinski definition) is 4. The fraction of sp³-hybridized carbons (Fsp3) is 0.389. The van der Waals surface area contributed by atoms with Crippen LogP contribution in [0.15, 0.2) is 84.9 Å². The van der Waals surface area contributed by atoms with Crippen LogP contribution in [0.1, 0.15) is 35.1 Å². The molecule has 2 N–H and O–H groups in total. The summed E-state index contributed by atoms with van der Waals surface area (Å²) >= 11 is 0. The van der Waals surface area contributed by atoms with E-state index in [-0.39, 0.29) is 23.9 Å². The van der Waals surface area contributed by atoms with Crippen LogP contribution >= 0.6 is 0 Å². The fourth-order valence-electron chi connectivity index (χ4n) is 4.70. The number of carbonyl (C=O) groups is 4. The number of nitrogens with zero attached hydrogens (tertiary/aromatic N) is 4. The van der Waals surface area contributed by atoms with Crippen LogP contribution in [-0.4, -0.2) is 97.8 Å². The molecule has 0 saturated carbocycles. The minimum absolute atomic E-state index is 0.0460. The molecular weight excluding hydrogens is 580 g/mol. The number of rotatable bonds is 16. The Morgan fingerprint density at radius 1 is 0.478 bits per heavy atom. The van der Waals surface area contributed by atoms with Gasteiger partial charge in [0.15, 0.2) is 0 Å². The Balaban J connectivity index is 1.32. The van der Waals surface area contributed by atoms with Crippen LogP contribution < -0.4 is 10.6 Å². The van der Waals surface area contributed by atoms with Gasteiger partial charge in [0.2, 0.25) is 11.8 Å². The van der Waals surface area contributed by atoms with E-state index in [2.05, 4.69) is 10.6 Å². The molecular formula is C36H48N6O4. The highest BCUT2D eigenvalue weighted by atomic mass is 16.2. The molecule has 0 radical (unpaired) electrons. The zero-order chi connectivity index (χ0) is 33.3. The largest absolute Gasteiger partial charge is 0.344 e. The predicted molar refractivity (Wildman–Crippen MR) is 181 cm³/mol. The molecule has 0 aliphatic rings. The highest BCUT2D eigenvalue weighted by molar-refractivity contribution is 5.77. The third-order valence-electron chi connectivity index (χ3n) is 7.91. The van der Waals surface area contributed by atoms with Gasteiger partial charge < -0.3 is 30.2 Å². The first-order valence-corrected chi connectivity index (χ1v) is 15.7. The molecule has 0 fully saturated rings. The first-order valence-electron chi connectivity index (χ1n) is 15.7. The zero-order valence-corrected chi connectivity index (χ0v) is 27.6. The average Bonchev–Trinajstić information content (AvgIpc) is 3.09. The number of carbonyl (C=O) groups excluding carboxylic acids is 4. The van der Waals surface area contributed by atoms with Gasteiger partial charge in [-0.2, -0.15) is 0 Å². The molecule has 3 rings (SSSR count). The van der Waals surface area contributed by atoms with Crippen molar-refractivity contribution in [2.24, 2.45) is 0 Å². The molecule has 0 aliphatic heterocycles. The molecule has 0 heterocycles. The summed E-state index contributed by atoms with van der Waals surface area (Å²) in [5.41, 5.74) is 4.07. The van der Waals surface area contributed by atoms with Crippen molar-refractivity contribution in [3.8, 4) is 0 Å². The molecule has 3 aromatic carbocycles. The predicted octanol–water partition coefficient (Wildman–Crippen LogP) is 4.15. The molecule has 246 valence electrons. The fourth-order valence-corrected chi connectivity index (χ4v) is 4.70. The molecule has 10 heteroatoms. The topological polar surface area (TPSA) is 105 Å². The first kappa shape index (κ1) is 35.6. The summed E-state index contributed by atoms with van der Waals surface area (Å²) in [6.07, 6.45) is 2.24. The van der Waals surface area contributed by atoms with Crippen molar-refractivity contribution in [2.45, 2.75) is 38.8 Å². The summed E-state index contributed by atoms with van der Waals surface area (Å²) in [5.74, 6) is 0.0921. The number of hydrogen-bond donors (Lipinski definition) is 2. The summed E-state index contributed by atoms with van der Waals surface area (Å²) in [4.78, 5) is 56.7. The lowest BCUT2D eigenvalue weighted by molar-refractivity contribution is -0.130. The minimum Gasteiger partial charge on any atom is -0.344 e. The summed E-state index contributed by atoms with van der Waals surface area (Å²) in [7, 11) is 6.93. The molecule has 46 heavy (non-hydrogen) atoms. The van der Waals surface area contributed by atoms with Gasteiger partial charge in [0.25, 0.3) is 0 Å². The lowest BCUT2D eigenvalue weighted by Gasteiger charge is -2.23. The van der Waals surface area contributed by atoms with Crippen LogP contribution in [0.3, 0.4) is 0 Å². The monoisotopic (exact) mass is 628 g/mol. The highest BCUT2D eigenvalue weighted by Crippen LogP contribution is 2.08. The Morgan fingerprint density at radius 3 is 1.22 bits per heavy atom. The van der Waals surface area contributed by atoms with Gasteiger partial charge in [-0.05, 0) is 35.1 Å². The van der Waals surface area contributed by atoms with Gasteiger partial charge in [0.05, 0.1) is 0 Å². The first-order chi connectivity index (χ1) is 22.1. The van der Waals surface area contributed by atoms with E-state index in [1.807, 2.05) is 84.9 Å². The molecule has 0 saturated heterocycles. The molecule has 3 aromatic rings. The van der Waals surface area contributed by atoms with E-state index >= 15 is 0 Å². The van der Waals surface area contributed by atoms with Crippen molar-refractivity contribution < 1.29 is 19.2 Å². The lowest BCUT2D eigenvalue weighted by Crippen LogP contribution is -2.42. The second kappa shape index (κ2) is 18.8. The maximum Gasteiger partial charge on any atom is 0.317 e. The Hall–Kier alpha value is -4.86. The average molecular weight is 629 g/mol. The molecule has 6 amide bonds. The van der Waals surface area contributed by atoms with E-state index in [1.165, 1.54) is 0 Å². The Morgan fingerprint density at radius 2 is 0.826 bits per heavy atom. The van der Waals surface area contributed by atoms with Gasteiger partial charge in [0, 0.05) is 80.3 Å². The maximum atomic E-state index is 12.7. The van der Waals surface area contributed by atoms with Crippen LogP contribution in [0.5, 0.6) is 0 Å². The van der Waals surface area contributed by atoms with Gasteiger partial charge in [-0.3, -0.25) is 9.59 Å². The number of urea groups is 2. The van der Waals surface area contributed by atoms with Gasteiger partial charge in [-0.1, -0.05) is 84.9 Å². The molecule has 0 spiro atoms. The standard InChI is InChI=1S/C36H48N6O4/c1-39(33(43)20-18-29-12-7-5-8-13-29)22-24-41(3)35(45)37-27-31-16-11-17-32(26-31)28-38-36(46)42(4)25-23-40(2)34(44)21-19-30-14-9-6-10-15-30/h5-17,26H,18-25,27-28H2,1-4H3,(H,37,45)(H,38,46). The van der Waals surface area contributed by atoms with Crippen molar-refractivity contribution in [2.75, 3.05) is 54.4 Å². The normalized spacial score (nSPS) is 10.5. The Kier molecular flexibility index (Phi) is 14.6. The maximum absolute atomic E-state index is 12.7. The van der Waals surface area contributed by atoms with E-state index in [4.69, 9.17) is 0 Å². The van der Waals surface area contributed by atoms with E-state index in [0.717, 1.165) is 22.3 Å². The van der Waals surface area contributed by atoms with Gasteiger partial charge in [-0.15, -0.1) is 0 Å². The van der Waals surface area contributed by atoms with Crippen molar-refractivity contribution in [1.29, 1.82) is 0 Å². The highest BCUT2D eigenvalue weighted by Gasteiger charge is 2.15. The smallest absolute Gasteiger partial charge is 0.317 e. The number of amides is 6. The van der Waals surface area contributed by atoms with Crippen LogP contribution in [0, 0.1) is 0 Å². The van der Waals surface area contributed by atoms with E-state index in [1.54, 1.807) is 47.8 Å². The van der Waals surface area contributed by atoms with E-state index in [0.29, 0.717) is 65.0 Å². The minimum atomic E-state index is -0.228. The van der Waals surface area contributed by atoms with Crippen molar-refractivity contribution in [3.05, 3.63) is 107 Å². The quantitative estimate of drug-likeness (QED) is 0.249. The van der Waals surface area contributed by atoms with Crippen LogP contribution in [0.25, 0.3) is 0 Å². The molecule has 0 aliphatic carbocycles. The van der Waals surface area contributed by atoms with E-state index < -0.39 is 0 Å². The summed E-state index contributed by atoms with van der Waals surface area (Å²) in [5, 5.41) is 5.84. The van der Waals surface area contributed by atoms with Crippen LogP contribution in [-0.2, 0) is 35.5 Å². The molecule has 0 aromatic heterocycles. The zero-order valence-electron chi connectivity index (χ0n) is 27.6. The van der Waals surface area contributed by atoms with Crippen LogP contribution in [0.2, 0.25) is 0 Å². The molecule has 10 nitrogen and oxygen atoms in total. The number of likely N-dealkylation sites (N-methyl/N-ethyl adjacent to an activating group) is 4. The third kappa shape index (κ3) is 12.6. The van der Waals surface area contributed by atoms with Crippen molar-refractivity contribution >= 4 is 23.9 Å². The number of aryl methyl sites for hydroxylation is 2. The lowest BCUT2D eigenvalue weighted by atomic mass is 10.1. The Bertz CT molecular complexity index is 1300. The second-order valence-electron chi connectivity index (χ2n) is 11.6. The summed E-state index contributed by atoms with van der Waals surface area (Å²) < 4.78 is 0. The molecule has 0 bridgehead atoms. The number of nitrogens with one attached hydrogen (secondary N) is 2. The Labute approximate surface area is 273 Å². The van der Waals surface area contributed by atoms with Gasteiger partial charge in [0.1, 0.15) is 0 Å². The SMILES string of the molecule is CN(CCN(C)C(=O)NCc1cccc(CNC(=O)N(C)CCN(C)C(=O)CCc2ccccc2)c1)C(=O)CCc1ccccc1. The van der Waals surface area contributed by atoms with Crippen LogP contribution in [0.4, 0.5) is 9.59 Å². The second-order valence-corrected chi connectivity index (χ2v) is 11.6. The third-order valence-corrected chi connectivity index (χ3v) is 7.91.